The molecule has 112 valence electrons. The highest BCUT2D eigenvalue weighted by Crippen LogP contribution is 2.28. The molecule has 0 aliphatic carbocycles. The minimum atomic E-state index is -0.215. The van der Waals surface area contributed by atoms with Gasteiger partial charge in [0.15, 0.2) is 0 Å². The number of rotatable bonds is 2. The van der Waals surface area contributed by atoms with Crippen molar-refractivity contribution < 1.29 is 4.79 Å². The lowest BCUT2D eigenvalue weighted by molar-refractivity contribution is -0.127. The summed E-state index contributed by atoms with van der Waals surface area (Å²) in [6.45, 7) is 11.0. The number of carbonyl (C=O) groups is 1. The number of nitrogens with zero attached hydrogens (tertiary/aromatic N) is 3. The summed E-state index contributed by atoms with van der Waals surface area (Å²) in [5.74, 6) is 0.745. The van der Waals surface area contributed by atoms with E-state index in [-0.39, 0.29) is 17.4 Å². The first-order valence-electron chi connectivity index (χ1n) is 7.16. The van der Waals surface area contributed by atoms with Crippen LogP contribution in [0.15, 0.2) is 6.07 Å². The van der Waals surface area contributed by atoms with Gasteiger partial charge in [-0.15, -0.1) is 0 Å². The number of carbonyl (C=O) groups excluding carboxylic acids is 1. The molecule has 0 radical (unpaired) electrons. The van der Waals surface area contributed by atoms with Crippen LogP contribution < -0.4 is 10.2 Å². The molecule has 0 saturated carbocycles. The van der Waals surface area contributed by atoms with Gasteiger partial charge in [0.2, 0.25) is 5.91 Å². The number of aryl methyl sites for hydroxylation is 2. The fraction of sp³-hybridized carbons (Fsp3) is 0.562. The molecule has 1 N–H and O–H groups in total. The Morgan fingerprint density at radius 3 is 2.57 bits per heavy atom. The van der Waals surface area contributed by atoms with Crippen molar-refractivity contribution in [2.24, 2.45) is 5.92 Å². The lowest BCUT2D eigenvalue weighted by Gasteiger charge is -2.40. The first kappa shape index (κ1) is 15.3. The Kier molecular flexibility index (Phi) is 3.91. The molecule has 1 aliphatic rings. The summed E-state index contributed by atoms with van der Waals surface area (Å²) >= 11 is 0. The Balaban J connectivity index is 2.09. The molecule has 1 amide bonds. The third kappa shape index (κ3) is 3.33. The molecular formula is C16H22N4O. The number of hydrogen-bond acceptors (Lipinski definition) is 4. The quantitative estimate of drug-likeness (QED) is 0.902. The fourth-order valence-electron chi connectivity index (χ4n) is 2.47. The molecule has 2 heterocycles. The van der Waals surface area contributed by atoms with Crippen LogP contribution in [-0.2, 0) is 4.79 Å². The highest BCUT2D eigenvalue weighted by molar-refractivity contribution is 5.82. The summed E-state index contributed by atoms with van der Waals surface area (Å²) in [6, 6.07) is 4.13. The monoisotopic (exact) mass is 286 g/mol. The zero-order valence-electron chi connectivity index (χ0n) is 13.3. The second-order valence-corrected chi connectivity index (χ2v) is 6.73. The van der Waals surface area contributed by atoms with Crippen molar-refractivity contribution in [1.29, 1.82) is 5.26 Å². The van der Waals surface area contributed by atoms with Crippen molar-refractivity contribution in [1.82, 2.24) is 10.3 Å². The fourth-order valence-corrected chi connectivity index (χ4v) is 2.47. The number of nitriles is 1. The summed E-state index contributed by atoms with van der Waals surface area (Å²) in [4.78, 5) is 18.6. The minimum Gasteiger partial charge on any atom is -0.354 e. The summed E-state index contributed by atoms with van der Waals surface area (Å²) in [7, 11) is 0. The van der Waals surface area contributed by atoms with Crippen molar-refractivity contribution in [2.45, 2.75) is 40.2 Å². The van der Waals surface area contributed by atoms with Crippen LogP contribution in [0.3, 0.4) is 0 Å². The highest BCUT2D eigenvalue weighted by atomic mass is 16.2. The standard InChI is InChI=1S/C16H22N4O/c1-10-6-11(2)18-14(13(10)7-17)20-8-12(9-20)15(21)19-16(3,4)5/h6,12H,8-9H2,1-5H3,(H,19,21). The molecule has 1 aromatic heterocycles. The van der Waals surface area contributed by atoms with Gasteiger partial charge in [-0.2, -0.15) is 5.26 Å². The van der Waals surface area contributed by atoms with Crippen LogP contribution in [0.25, 0.3) is 0 Å². The summed E-state index contributed by atoms with van der Waals surface area (Å²) in [6.07, 6.45) is 0. The van der Waals surface area contributed by atoms with Gasteiger partial charge in [0.25, 0.3) is 0 Å². The van der Waals surface area contributed by atoms with E-state index in [9.17, 15) is 10.1 Å². The van der Waals surface area contributed by atoms with E-state index in [0.29, 0.717) is 24.5 Å². The summed E-state index contributed by atoms with van der Waals surface area (Å²) in [5, 5.41) is 12.3. The van der Waals surface area contributed by atoms with E-state index in [2.05, 4.69) is 16.4 Å². The molecule has 0 unspecified atom stereocenters. The number of hydrogen-bond donors (Lipinski definition) is 1. The zero-order valence-corrected chi connectivity index (χ0v) is 13.3. The van der Waals surface area contributed by atoms with Gasteiger partial charge in [0.1, 0.15) is 11.9 Å². The zero-order chi connectivity index (χ0) is 15.8. The average Bonchev–Trinajstić information content (AvgIpc) is 2.23. The van der Waals surface area contributed by atoms with Crippen LogP contribution in [0.4, 0.5) is 5.82 Å². The lowest BCUT2D eigenvalue weighted by Crippen LogP contribution is -2.57. The van der Waals surface area contributed by atoms with Crippen molar-refractivity contribution in [3.05, 3.63) is 22.9 Å². The van der Waals surface area contributed by atoms with Gasteiger partial charge in [-0.05, 0) is 46.2 Å². The molecule has 0 spiro atoms. The third-order valence-electron chi connectivity index (χ3n) is 3.49. The van der Waals surface area contributed by atoms with E-state index in [1.54, 1.807) is 0 Å². The van der Waals surface area contributed by atoms with Crippen LogP contribution in [-0.4, -0.2) is 29.5 Å². The van der Waals surface area contributed by atoms with Gasteiger partial charge in [-0.25, -0.2) is 4.98 Å². The molecule has 1 saturated heterocycles. The largest absolute Gasteiger partial charge is 0.354 e. The highest BCUT2D eigenvalue weighted by Gasteiger charge is 2.36. The number of anilines is 1. The van der Waals surface area contributed by atoms with Crippen molar-refractivity contribution in [3.8, 4) is 6.07 Å². The predicted molar refractivity (Wildman–Crippen MR) is 82.0 cm³/mol. The molecule has 5 heteroatoms. The van der Waals surface area contributed by atoms with Crippen molar-refractivity contribution in [3.63, 3.8) is 0 Å². The van der Waals surface area contributed by atoms with Crippen molar-refractivity contribution in [2.75, 3.05) is 18.0 Å². The van der Waals surface area contributed by atoms with E-state index in [0.717, 1.165) is 11.3 Å². The van der Waals surface area contributed by atoms with Crippen LogP contribution in [0.5, 0.6) is 0 Å². The lowest BCUT2D eigenvalue weighted by atomic mass is 9.96. The van der Waals surface area contributed by atoms with E-state index in [1.165, 1.54) is 0 Å². The van der Waals surface area contributed by atoms with Gasteiger partial charge in [0.05, 0.1) is 11.5 Å². The predicted octanol–water partition coefficient (Wildman–Crippen LogP) is 1.92. The smallest absolute Gasteiger partial charge is 0.227 e. The van der Waals surface area contributed by atoms with Gasteiger partial charge in [-0.1, -0.05) is 0 Å². The molecule has 0 bridgehead atoms. The Bertz CT molecular complexity index is 604. The van der Waals surface area contributed by atoms with E-state index in [1.807, 2.05) is 45.6 Å². The molecule has 1 fully saturated rings. The minimum absolute atomic E-state index is 0.0293. The second-order valence-electron chi connectivity index (χ2n) is 6.73. The van der Waals surface area contributed by atoms with Gasteiger partial charge >= 0.3 is 0 Å². The molecule has 21 heavy (non-hydrogen) atoms. The second kappa shape index (κ2) is 5.36. The molecule has 1 aliphatic heterocycles. The average molecular weight is 286 g/mol. The van der Waals surface area contributed by atoms with E-state index in [4.69, 9.17) is 0 Å². The molecule has 0 atom stereocenters. The molecule has 0 aromatic carbocycles. The first-order chi connectivity index (χ1) is 9.71. The van der Waals surface area contributed by atoms with Crippen molar-refractivity contribution >= 4 is 11.7 Å². The Hall–Kier alpha value is -2.09. The molecule has 5 nitrogen and oxygen atoms in total. The van der Waals surface area contributed by atoms with Crippen LogP contribution in [0.1, 0.15) is 37.6 Å². The third-order valence-corrected chi connectivity index (χ3v) is 3.49. The SMILES string of the molecule is Cc1cc(C)c(C#N)c(N2CC(C(=O)NC(C)(C)C)C2)n1. The Morgan fingerprint density at radius 1 is 1.43 bits per heavy atom. The van der Waals surface area contributed by atoms with Gasteiger partial charge in [0, 0.05) is 24.3 Å². The number of amides is 1. The number of aromatic nitrogens is 1. The normalized spacial score (nSPS) is 15.3. The number of pyridine rings is 1. The molecule has 1 aromatic rings. The van der Waals surface area contributed by atoms with Gasteiger partial charge in [-0.3, -0.25) is 4.79 Å². The van der Waals surface area contributed by atoms with Crippen LogP contribution in [0.2, 0.25) is 0 Å². The maximum absolute atomic E-state index is 12.1. The summed E-state index contributed by atoms with van der Waals surface area (Å²) < 4.78 is 0. The maximum atomic E-state index is 12.1. The van der Waals surface area contributed by atoms with Crippen LogP contribution >= 0.6 is 0 Å². The van der Waals surface area contributed by atoms with E-state index >= 15 is 0 Å². The topological polar surface area (TPSA) is 69.0 Å². The van der Waals surface area contributed by atoms with Gasteiger partial charge < -0.3 is 10.2 Å². The number of nitrogens with one attached hydrogen (secondary N) is 1. The van der Waals surface area contributed by atoms with Crippen LogP contribution in [0, 0.1) is 31.1 Å². The maximum Gasteiger partial charge on any atom is 0.227 e. The first-order valence-corrected chi connectivity index (χ1v) is 7.16. The Labute approximate surface area is 126 Å². The molecular weight excluding hydrogens is 264 g/mol. The van der Waals surface area contributed by atoms with E-state index < -0.39 is 0 Å². The Morgan fingerprint density at radius 2 is 2.05 bits per heavy atom. The summed E-state index contributed by atoms with van der Waals surface area (Å²) in [5.41, 5.74) is 2.22. The molecule has 2 rings (SSSR count).